The van der Waals surface area contributed by atoms with Crippen LogP contribution in [0.5, 0.6) is 5.88 Å². The first-order valence-corrected chi connectivity index (χ1v) is 7.75. The molecule has 0 spiro atoms. The maximum atomic E-state index is 13.7. The molecule has 1 aromatic heterocycles. The molecule has 1 aliphatic rings. The molecule has 0 radical (unpaired) electrons. The van der Waals surface area contributed by atoms with Gasteiger partial charge in [0.15, 0.2) is 0 Å². The van der Waals surface area contributed by atoms with Crippen molar-refractivity contribution in [1.29, 1.82) is 0 Å². The highest BCUT2D eigenvalue weighted by atomic mass is 19.1. The number of rotatable bonds is 7. The molecule has 2 aromatic rings. The van der Waals surface area contributed by atoms with E-state index in [4.69, 9.17) is 4.74 Å². The van der Waals surface area contributed by atoms with Crippen molar-refractivity contribution in [2.45, 2.75) is 38.6 Å². The average molecular weight is 301 g/mol. The molecule has 0 atom stereocenters. The van der Waals surface area contributed by atoms with Crippen LogP contribution in [0.2, 0.25) is 0 Å². The molecule has 0 bridgehead atoms. The van der Waals surface area contributed by atoms with Crippen molar-refractivity contribution in [2.24, 2.45) is 0 Å². The number of aromatic nitrogens is 2. The van der Waals surface area contributed by atoms with Crippen molar-refractivity contribution in [3.63, 3.8) is 0 Å². The topological polar surface area (TPSA) is 47.0 Å². The zero-order valence-electron chi connectivity index (χ0n) is 12.7. The fourth-order valence-corrected chi connectivity index (χ4v) is 2.17. The highest BCUT2D eigenvalue weighted by Crippen LogP contribution is 2.39. The van der Waals surface area contributed by atoms with Crippen molar-refractivity contribution < 1.29 is 9.13 Å². The van der Waals surface area contributed by atoms with E-state index in [1.807, 2.05) is 6.07 Å². The summed E-state index contributed by atoms with van der Waals surface area (Å²) >= 11 is 0. The third-order valence-corrected chi connectivity index (χ3v) is 3.53. The van der Waals surface area contributed by atoms with Crippen LogP contribution in [0, 0.1) is 5.82 Å². The molecule has 0 unspecified atom stereocenters. The smallest absolute Gasteiger partial charge is 0.218 e. The molecule has 0 aliphatic heterocycles. The largest absolute Gasteiger partial charge is 0.478 e. The molecule has 1 aliphatic carbocycles. The average Bonchev–Trinajstić information content (AvgIpc) is 3.37. The van der Waals surface area contributed by atoms with Crippen molar-refractivity contribution >= 4 is 5.82 Å². The number of hydrogen-bond donors (Lipinski definition) is 1. The van der Waals surface area contributed by atoms with Gasteiger partial charge in [0, 0.05) is 24.1 Å². The molecule has 1 fully saturated rings. The Labute approximate surface area is 129 Å². The number of hydrogen-bond acceptors (Lipinski definition) is 4. The van der Waals surface area contributed by atoms with Gasteiger partial charge in [-0.3, -0.25) is 0 Å². The zero-order valence-corrected chi connectivity index (χ0v) is 12.7. The monoisotopic (exact) mass is 301 g/mol. The summed E-state index contributed by atoms with van der Waals surface area (Å²) < 4.78 is 19.3. The van der Waals surface area contributed by atoms with E-state index in [2.05, 4.69) is 22.2 Å². The summed E-state index contributed by atoms with van der Waals surface area (Å²) in [5.74, 6) is 2.33. The second kappa shape index (κ2) is 6.73. The number of benzene rings is 1. The first kappa shape index (κ1) is 14.8. The molecule has 22 heavy (non-hydrogen) atoms. The van der Waals surface area contributed by atoms with Crippen molar-refractivity contribution in [2.75, 3.05) is 11.9 Å². The lowest BCUT2D eigenvalue weighted by molar-refractivity contribution is 0.303. The van der Waals surface area contributed by atoms with Crippen LogP contribution in [0.25, 0.3) is 0 Å². The van der Waals surface area contributed by atoms with Gasteiger partial charge in [-0.2, -0.15) is 4.98 Å². The van der Waals surface area contributed by atoms with Gasteiger partial charge < -0.3 is 10.1 Å². The minimum atomic E-state index is -0.214. The predicted octanol–water partition coefficient (Wildman–Crippen LogP) is 3.89. The van der Waals surface area contributed by atoms with E-state index in [1.54, 1.807) is 18.2 Å². The summed E-state index contributed by atoms with van der Waals surface area (Å²) in [6.07, 6.45) is 3.19. The lowest BCUT2D eigenvalue weighted by Gasteiger charge is -2.11. The van der Waals surface area contributed by atoms with E-state index in [0.717, 1.165) is 25.1 Å². The van der Waals surface area contributed by atoms with Gasteiger partial charge in [-0.05, 0) is 25.3 Å². The lowest BCUT2D eigenvalue weighted by atomic mass is 10.2. The number of anilines is 1. The second-order valence-electron chi connectivity index (χ2n) is 5.52. The molecule has 5 heteroatoms. The van der Waals surface area contributed by atoms with Gasteiger partial charge >= 0.3 is 0 Å². The summed E-state index contributed by atoms with van der Waals surface area (Å²) in [6.45, 7) is 3.08. The van der Waals surface area contributed by atoms with E-state index in [0.29, 0.717) is 36.3 Å². The molecule has 3 rings (SSSR count). The summed E-state index contributed by atoms with van der Waals surface area (Å²) in [5.41, 5.74) is 0.616. The summed E-state index contributed by atoms with van der Waals surface area (Å²) in [5, 5.41) is 3.17. The van der Waals surface area contributed by atoms with Crippen LogP contribution in [0.3, 0.4) is 0 Å². The molecular weight excluding hydrogens is 281 g/mol. The van der Waals surface area contributed by atoms with Gasteiger partial charge in [-0.1, -0.05) is 25.1 Å². The standard InChI is InChI=1S/C17H20FN3O/c1-2-9-22-16-10-15(20-17(21-16)12-7-8-12)19-11-13-5-3-4-6-14(13)18/h3-6,10,12H,2,7-9,11H2,1H3,(H,19,20,21). The van der Waals surface area contributed by atoms with Crippen LogP contribution in [-0.4, -0.2) is 16.6 Å². The van der Waals surface area contributed by atoms with Crippen LogP contribution in [0.15, 0.2) is 30.3 Å². The SMILES string of the molecule is CCCOc1cc(NCc2ccccc2F)nc(C2CC2)n1. The Morgan fingerprint density at radius 2 is 2.09 bits per heavy atom. The minimum Gasteiger partial charge on any atom is -0.478 e. The molecule has 1 saturated carbocycles. The quantitative estimate of drug-likeness (QED) is 0.842. The lowest BCUT2D eigenvalue weighted by Crippen LogP contribution is -2.07. The Bertz CT molecular complexity index is 644. The van der Waals surface area contributed by atoms with Gasteiger partial charge in [-0.15, -0.1) is 0 Å². The predicted molar refractivity (Wildman–Crippen MR) is 83.5 cm³/mol. The van der Waals surface area contributed by atoms with Gasteiger partial charge in [0.2, 0.25) is 5.88 Å². The third-order valence-electron chi connectivity index (χ3n) is 3.53. The number of halogens is 1. The maximum absolute atomic E-state index is 13.7. The highest BCUT2D eigenvalue weighted by Gasteiger charge is 2.27. The van der Waals surface area contributed by atoms with Gasteiger partial charge in [0.05, 0.1) is 6.61 Å². The van der Waals surface area contributed by atoms with E-state index < -0.39 is 0 Å². The molecule has 1 heterocycles. The van der Waals surface area contributed by atoms with Crippen LogP contribution >= 0.6 is 0 Å². The van der Waals surface area contributed by atoms with Crippen LogP contribution in [0.1, 0.15) is 43.5 Å². The van der Waals surface area contributed by atoms with Crippen LogP contribution < -0.4 is 10.1 Å². The summed E-state index contributed by atoms with van der Waals surface area (Å²) in [7, 11) is 0. The summed E-state index contributed by atoms with van der Waals surface area (Å²) in [6, 6.07) is 8.52. The Hall–Kier alpha value is -2.17. The zero-order chi connectivity index (χ0) is 15.4. The fourth-order valence-electron chi connectivity index (χ4n) is 2.17. The van der Waals surface area contributed by atoms with E-state index >= 15 is 0 Å². The Morgan fingerprint density at radius 3 is 2.82 bits per heavy atom. The number of nitrogens with one attached hydrogen (secondary N) is 1. The van der Waals surface area contributed by atoms with E-state index in [1.165, 1.54) is 6.07 Å². The Morgan fingerprint density at radius 1 is 1.27 bits per heavy atom. The maximum Gasteiger partial charge on any atom is 0.218 e. The molecule has 0 saturated heterocycles. The van der Waals surface area contributed by atoms with Gasteiger partial charge in [0.1, 0.15) is 17.5 Å². The number of ether oxygens (including phenoxy) is 1. The molecule has 1 aromatic carbocycles. The normalized spacial score (nSPS) is 13.9. The van der Waals surface area contributed by atoms with Crippen LogP contribution in [-0.2, 0) is 6.54 Å². The van der Waals surface area contributed by atoms with Crippen molar-refractivity contribution in [1.82, 2.24) is 9.97 Å². The molecule has 4 nitrogen and oxygen atoms in total. The first-order valence-electron chi connectivity index (χ1n) is 7.75. The second-order valence-corrected chi connectivity index (χ2v) is 5.52. The number of nitrogens with zero attached hydrogens (tertiary/aromatic N) is 2. The molecule has 116 valence electrons. The van der Waals surface area contributed by atoms with Gasteiger partial charge in [0.25, 0.3) is 0 Å². The van der Waals surface area contributed by atoms with E-state index in [-0.39, 0.29) is 5.82 Å². The Kier molecular flexibility index (Phi) is 4.51. The summed E-state index contributed by atoms with van der Waals surface area (Å²) in [4.78, 5) is 8.98. The van der Waals surface area contributed by atoms with Gasteiger partial charge in [-0.25, -0.2) is 9.37 Å². The van der Waals surface area contributed by atoms with E-state index in [9.17, 15) is 4.39 Å². The van der Waals surface area contributed by atoms with Crippen molar-refractivity contribution in [3.05, 3.63) is 47.5 Å². The molecular formula is C17H20FN3O. The third kappa shape index (κ3) is 3.72. The first-order chi connectivity index (χ1) is 10.8. The minimum absolute atomic E-state index is 0.214. The molecule has 1 N–H and O–H groups in total. The van der Waals surface area contributed by atoms with Crippen molar-refractivity contribution in [3.8, 4) is 5.88 Å². The van der Waals surface area contributed by atoms with Crippen LogP contribution in [0.4, 0.5) is 10.2 Å². The fraction of sp³-hybridized carbons (Fsp3) is 0.412. The highest BCUT2D eigenvalue weighted by molar-refractivity contribution is 5.40. The molecule has 0 amide bonds. The Balaban J connectivity index is 1.74.